The van der Waals surface area contributed by atoms with Crippen LogP contribution < -0.4 is 0 Å². The summed E-state index contributed by atoms with van der Waals surface area (Å²) in [5.74, 6) is -2.88. The van der Waals surface area contributed by atoms with Gasteiger partial charge in [-0.3, -0.25) is 19.2 Å². The zero-order valence-electron chi connectivity index (χ0n) is 28.2. The summed E-state index contributed by atoms with van der Waals surface area (Å²) in [5.41, 5.74) is -2.27. The van der Waals surface area contributed by atoms with E-state index < -0.39 is 34.7 Å². The van der Waals surface area contributed by atoms with E-state index in [1.165, 1.54) is 0 Å². The van der Waals surface area contributed by atoms with Crippen LogP contribution in [-0.2, 0) is 19.2 Å². The van der Waals surface area contributed by atoms with Crippen molar-refractivity contribution >= 4 is 23.9 Å². The lowest BCUT2D eigenvalue weighted by Crippen LogP contribution is -2.73. The van der Waals surface area contributed by atoms with Crippen molar-refractivity contribution in [3.05, 3.63) is 0 Å². The number of hydrogen-bond acceptors (Lipinski definition) is 4. The fourth-order valence-electron chi connectivity index (χ4n) is 15.8. The van der Waals surface area contributed by atoms with Gasteiger partial charge in [-0.25, -0.2) is 0 Å². The molecule has 0 saturated heterocycles. The van der Waals surface area contributed by atoms with E-state index in [1.807, 2.05) is 13.8 Å². The highest BCUT2D eigenvalue weighted by Crippen LogP contribution is 2.79. The van der Waals surface area contributed by atoms with Crippen molar-refractivity contribution in [2.45, 2.75) is 118 Å². The van der Waals surface area contributed by atoms with E-state index in [4.69, 9.17) is 0 Å². The van der Waals surface area contributed by atoms with Gasteiger partial charge in [0.25, 0.3) is 0 Å². The van der Waals surface area contributed by atoms with E-state index in [1.54, 1.807) is 0 Å². The van der Waals surface area contributed by atoms with Crippen molar-refractivity contribution in [3.8, 4) is 0 Å². The predicted octanol–water partition coefficient (Wildman–Crippen LogP) is 7.30. The molecule has 7 saturated carbocycles. The minimum Gasteiger partial charge on any atom is -0.481 e. The molecule has 7 aliphatic carbocycles. The molecule has 7 rings (SSSR count). The molecular weight excluding hydrogens is 584 g/mol. The molecule has 0 aliphatic heterocycles. The highest BCUT2D eigenvalue weighted by Gasteiger charge is 2.75. The van der Waals surface area contributed by atoms with Gasteiger partial charge in [-0.2, -0.15) is 0 Å². The fraction of sp³-hybridized carbons (Fsp3) is 0.895. The van der Waals surface area contributed by atoms with Crippen LogP contribution in [-0.4, -0.2) is 44.3 Å². The number of carboxylic acid groups (broad SMARTS) is 4. The summed E-state index contributed by atoms with van der Waals surface area (Å²) < 4.78 is 0. The Labute approximate surface area is 273 Å². The number of fused-ring (bicyclic) bond motifs is 6. The Bertz CT molecular complexity index is 1310. The summed E-state index contributed by atoms with van der Waals surface area (Å²) in [6.45, 7) is 8.62. The molecule has 256 valence electrons. The maximum absolute atomic E-state index is 13.9. The summed E-state index contributed by atoms with van der Waals surface area (Å²) in [7, 11) is 0. The Kier molecular flexibility index (Phi) is 7.54. The number of rotatable bonds is 6. The molecule has 0 radical (unpaired) electrons. The van der Waals surface area contributed by atoms with Gasteiger partial charge in [0.2, 0.25) is 0 Å². The molecule has 16 atom stereocenters. The first-order valence-electron chi connectivity index (χ1n) is 18.5. The topological polar surface area (TPSA) is 149 Å². The van der Waals surface area contributed by atoms with E-state index in [0.717, 1.165) is 70.6 Å². The number of carbonyl (C=O) groups is 4. The summed E-state index contributed by atoms with van der Waals surface area (Å²) in [6, 6.07) is 0. The van der Waals surface area contributed by atoms with E-state index >= 15 is 0 Å². The third-order valence-electron chi connectivity index (χ3n) is 17.1. The summed E-state index contributed by atoms with van der Waals surface area (Å²) in [6.07, 6.45) is 10.6. The van der Waals surface area contributed by atoms with Crippen LogP contribution in [0, 0.1) is 92.7 Å². The third-order valence-corrected chi connectivity index (χ3v) is 17.1. The van der Waals surface area contributed by atoms with Crippen molar-refractivity contribution in [1.82, 2.24) is 0 Å². The molecule has 46 heavy (non-hydrogen) atoms. The van der Waals surface area contributed by atoms with E-state index in [2.05, 4.69) is 13.8 Å². The largest absolute Gasteiger partial charge is 0.481 e. The first kappa shape index (κ1) is 32.4. The van der Waals surface area contributed by atoms with Crippen LogP contribution in [0.5, 0.6) is 0 Å². The van der Waals surface area contributed by atoms with Crippen LogP contribution in [0.1, 0.15) is 118 Å². The quantitative estimate of drug-likeness (QED) is 0.236. The Morgan fingerprint density at radius 2 is 1.15 bits per heavy atom. The molecule has 16 unspecified atom stereocenters. The smallest absolute Gasteiger partial charge is 0.309 e. The average Bonchev–Trinajstić information content (AvgIpc) is 2.97. The molecule has 8 heteroatoms. The van der Waals surface area contributed by atoms with Crippen molar-refractivity contribution in [3.63, 3.8) is 0 Å². The Morgan fingerprint density at radius 3 is 1.74 bits per heavy atom. The van der Waals surface area contributed by atoms with Gasteiger partial charge < -0.3 is 20.4 Å². The Balaban J connectivity index is 1.48. The van der Waals surface area contributed by atoms with E-state index in [9.17, 15) is 39.6 Å². The predicted molar refractivity (Wildman–Crippen MR) is 169 cm³/mol. The lowest BCUT2D eigenvalue weighted by molar-refractivity contribution is -0.288. The van der Waals surface area contributed by atoms with Crippen molar-refractivity contribution in [2.75, 3.05) is 0 Å². The normalized spacial score (nSPS) is 53.8. The van der Waals surface area contributed by atoms with Gasteiger partial charge in [0.15, 0.2) is 0 Å². The van der Waals surface area contributed by atoms with E-state index in [-0.39, 0.29) is 94.7 Å². The van der Waals surface area contributed by atoms with Crippen LogP contribution in [0.3, 0.4) is 0 Å². The molecular formula is C38H56O8. The second-order valence-electron chi connectivity index (χ2n) is 18.3. The highest BCUT2D eigenvalue weighted by molar-refractivity contribution is 5.76. The molecule has 0 heterocycles. The SMILES string of the molecule is CC1(C(=O)O)CCCC2(C)C3CCC(CC(=O)O)C4C3C(CC12)C1C(CC(=O)O)CCC2C1C4C(C)(C(=O)O)C1CCCCC21C. The lowest BCUT2D eigenvalue weighted by Gasteiger charge is -2.76. The highest BCUT2D eigenvalue weighted by atomic mass is 16.4. The van der Waals surface area contributed by atoms with Crippen LogP contribution in [0.4, 0.5) is 0 Å². The van der Waals surface area contributed by atoms with Crippen molar-refractivity contribution in [1.29, 1.82) is 0 Å². The molecule has 4 N–H and O–H groups in total. The summed E-state index contributed by atoms with van der Waals surface area (Å²) in [4.78, 5) is 52.0. The lowest BCUT2D eigenvalue weighted by atomic mass is 9.28. The average molecular weight is 641 g/mol. The second kappa shape index (κ2) is 10.7. The molecule has 7 fully saturated rings. The van der Waals surface area contributed by atoms with Crippen LogP contribution in [0.2, 0.25) is 0 Å². The molecule has 0 amide bonds. The minimum absolute atomic E-state index is 0.00786. The van der Waals surface area contributed by atoms with Gasteiger partial charge in [0, 0.05) is 12.8 Å². The van der Waals surface area contributed by atoms with Crippen LogP contribution >= 0.6 is 0 Å². The molecule has 0 aromatic carbocycles. The van der Waals surface area contributed by atoms with Gasteiger partial charge in [0.05, 0.1) is 10.8 Å². The number of hydrogen-bond donors (Lipinski definition) is 4. The molecule has 0 aromatic rings. The van der Waals surface area contributed by atoms with Gasteiger partial charge in [-0.15, -0.1) is 0 Å². The fourth-order valence-corrected chi connectivity index (χ4v) is 15.8. The molecule has 0 aromatic heterocycles. The van der Waals surface area contributed by atoms with Crippen LogP contribution in [0.15, 0.2) is 0 Å². The zero-order chi connectivity index (χ0) is 33.1. The van der Waals surface area contributed by atoms with Gasteiger partial charge in [-0.05, 0) is 153 Å². The monoisotopic (exact) mass is 640 g/mol. The molecule has 7 aliphatic rings. The standard InChI is InChI=1S/C38H56O8/c1-35-13-6-5-8-24(35)38(4,34(45)46)32-29-20(17-27(41)42)10-11-22-30(29)21(28-19(16-26(39)40)9-12-23(35)31(28)32)18-25-36(22,2)14-7-15-37(25,3)33(43)44/h19-25,28-32H,5-18H2,1-4H3,(H,39,40)(H,41,42)(H,43,44)(H,45,46). The maximum Gasteiger partial charge on any atom is 0.309 e. The van der Waals surface area contributed by atoms with Gasteiger partial charge in [-0.1, -0.05) is 33.1 Å². The Hall–Kier alpha value is -2.12. The second-order valence-corrected chi connectivity index (χ2v) is 18.3. The minimum atomic E-state index is -1.02. The molecule has 8 nitrogen and oxygen atoms in total. The molecule has 0 spiro atoms. The summed E-state index contributed by atoms with van der Waals surface area (Å²) >= 11 is 0. The maximum atomic E-state index is 13.9. The summed E-state index contributed by atoms with van der Waals surface area (Å²) in [5, 5.41) is 42.6. The van der Waals surface area contributed by atoms with Gasteiger partial charge >= 0.3 is 23.9 Å². The Morgan fingerprint density at radius 1 is 0.587 bits per heavy atom. The first-order chi connectivity index (χ1) is 21.6. The first-order valence-corrected chi connectivity index (χ1v) is 18.5. The van der Waals surface area contributed by atoms with Gasteiger partial charge in [0.1, 0.15) is 0 Å². The number of aliphatic carboxylic acids is 4. The number of carboxylic acids is 4. The van der Waals surface area contributed by atoms with Crippen molar-refractivity contribution in [2.24, 2.45) is 92.7 Å². The zero-order valence-corrected chi connectivity index (χ0v) is 28.2. The third kappa shape index (κ3) is 4.15. The molecule has 0 bridgehead atoms. The van der Waals surface area contributed by atoms with Crippen LogP contribution in [0.25, 0.3) is 0 Å². The van der Waals surface area contributed by atoms with Crippen molar-refractivity contribution < 1.29 is 39.6 Å². The van der Waals surface area contributed by atoms with E-state index in [0.29, 0.717) is 6.42 Å².